The Morgan fingerprint density at radius 3 is 2.59 bits per heavy atom. The standard InChI is InChI=1S/C14H22N2O/c1-11-9-12(2)14(13(15)10-11)17-8-7-16-5-3-4-6-16/h9-10H,3-8,15H2,1-2H3. The Kier molecular flexibility index (Phi) is 3.89. The van der Waals surface area contributed by atoms with Crippen molar-refractivity contribution < 1.29 is 4.74 Å². The molecule has 17 heavy (non-hydrogen) atoms. The highest BCUT2D eigenvalue weighted by Crippen LogP contribution is 2.27. The monoisotopic (exact) mass is 234 g/mol. The van der Waals surface area contributed by atoms with Crippen molar-refractivity contribution in [1.29, 1.82) is 0 Å². The Morgan fingerprint density at radius 2 is 1.94 bits per heavy atom. The summed E-state index contributed by atoms with van der Waals surface area (Å²) in [5.41, 5.74) is 9.05. The number of ether oxygens (including phenoxy) is 1. The van der Waals surface area contributed by atoms with Crippen LogP contribution in [0.2, 0.25) is 0 Å². The van der Waals surface area contributed by atoms with Gasteiger partial charge in [0, 0.05) is 6.54 Å². The fraction of sp³-hybridized carbons (Fsp3) is 0.571. The van der Waals surface area contributed by atoms with Gasteiger partial charge < -0.3 is 10.5 Å². The molecular weight excluding hydrogens is 212 g/mol. The van der Waals surface area contributed by atoms with Crippen LogP contribution < -0.4 is 10.5 Å². The average molecular weight is 234 g/mol. The first kappa shape index (κ1) is 12.2. The van der Waals surface area contributed by atoms with Crippen LogP contribution in [-0.2, 0) is 0 Å². The van der Waals surface area contributed by atoms with Gasteiger partial charge in [-0.1, -0.05) is 6.07 Å². The second-order valence-electron chi connectivity index (χ2n) is 4.90. The van der Waals surface area contributed by atoms with Crippen molar-refractivity contribution in [2.24, 2.45) is 0 Å². The number of aryl methyl sites for hydroxylation is 2. The first-order valence-electron chi connectivity index (χ1n) is 6.38. The predicted octanol–water partition coefficient (Wildman–Crippen LogP) is 2.36. The molecule has 2 N–H and O–H groups in total. The Balaban J connectivity index is 1.89. The molecule has 0 aliphatic carbocycles. The maximum atomic E-state index is 5.98. The summed E-state index contributed by atoms with van der Waals surface area (Å²) < 4.78 is 5.82. The highest BCUT2D eigenvalue weighted by atomic mass is 16.5. The van der Waals surface area contributed by atoms with Gasteiger partial charge in [-0.15, -0.1) is 0 Å². The number of likely N-dealkylation sites (tertiary alicyclic amines) is 1. The second-order valence-corrected chi connectivity index (χ2v) is 4.90. The average Bonchev–Trinajstić information content (AvgIpc) is 2.74. The second kappa shape index (κ2) is 5.41. The van der Waals surface area contributed by atoms with E-state index in [-0.39, 0.29) is 0 Å². The summed E-state index contributed by atoms with van der Waals surface area (Å²) in [6.45, 7) is 8.27. The number of anilines is 1. The van der Waals surface area contributed by atoms with E-state index in [1.807, 2.05) is 6.07 Å². The highest BCUT2D eigenvalue weighted by Gasteiger charge is 2.12. The molecule has 1 saturated heterocycles. The van der Waals surface area contributed by atoms with Gasteiger partial charge in [0.05, 0.1) is 5.69 Å². The molecule has 0 unspecified atom stereocenters. The maximum absolute atomic E-state index is 5.98. The summed E-state index contributed by atoms with van der Waals surface area (Å²) >= 11 is 0. The number of rotatable bonds is 4. The van der Waals surface area contributed by atoms with E-state index in [1.54, 1.807) is 0 Å². The zero-order valence-electron chi connectivity index (χ0n) is 10.8. The largest absolute Gasteiger partial charge is 0.490 e. The van der Waals surface area contributed by atoms with Gasteiger partial charge in [-0.25, -0.2) is 0 Å². The summed E-state index contributed by atoms with van der Waals surface area (Å²) in [5.74, 6) is 0.856. The number of nitrogens with zero attached hydrogens (tertiary/aromatic N) is 1. The van der Waals surface area contributed by atoms with E-state index < -0.39 is 0 Å². The lowest BCUT2D eigenvalue weighted by atomic mass is 10.1. The van der Waals surface area contributed by atoms with Crippen molar-refractivity contribution in [3.05, 3.63) is 23.3 Å². The third kappa shape index (κ3) is 3.13. The summed E-state index contributed by atoms with van der Waals surface area (Å²) in [5, 5.41) is 0. The van der Waals surface area contributed by atoms with E-state index in [9.17, 15) is 0 Å². The number of benzene rings is 1. The van der Waals surface area contributed by atoms with Crippen LogP contribution in [0.5, 0.6) is 5.75 Å². The zero-order valence-corrected chi connectivity index (χ0v) is 10.8. The van der Waals surface area contributed by atoms with E-state index in [2.05, 4.69) is 24.8 Å². The quantitative estimate of drug-likeness (QED) is 0.813. The van der Waals surface area contributed by atoms with Crippen LogP contribution >= 0.6 is 0 Å². The molecule has 2 rings (SSSR count). The number of nitrogens with two attached hydrogens (primary N) is 1. The lowest BCUT2D eigenvalue weighted by molar-refractivity contribution is 0.237. The molecular formula is C14H22N2O. The van der Waals surface area contributed by atoms with Gasteiger partial charge in [-0.05, 0) is 57.0 Å². The van der Waals surface area contributed by atoms with Gasteiger partial charge in [-0.2, -0.15) is 0 Å². The molecule has 1 aliphatic heterocycles. The third-order valence-corrected chi connectivity index (χ3v) is 3.30. The minimum Gasteiger partial charge on any atom is -0.490 e. The fourth-order valence-corrected chi connectivity index (χ4v) is 2.47. The van der Waals surface area contributed by atoms with Crippen LogP contribution in [0.3, 0.4) is 0 Å². The zero-order chi connectivity index (χ0) is 12.3. The van der Waals surface area contributed by atoms with Crippen molar-refractivity contribution in [2.75, 3.05) is 32.0 Å². The van der Waals surface area contributed by atoms with Crippen molar-refractivity contribution in [2.45, 2.75) is 26.7 Å². The van der Waals surface area contributed by atoms with Crippen LogP contribution in [0.15, 0.2) is 12.1 Å². The number of nitrogen functional groups attached to an aromatic ring is 1. The molecule has 1 aromatic carbocycles. The van der Waals surface area contributed by atoms with Crippen LogP contribution in [0.1, 0.15) is 24.0 Å². The predicted molar refractivity (Wildman–Crippen MR) is 71.5 cm³/mol. The number of hydrogen-bond donors (Lipinski definition) is 1. The van der Waals surface area contributed by atoms with Crippen LogP contribution in [0.25, 0.3) is 0 Å². The minimum absolute atomic E-state index is 0.730. The van der Waals surface area contributed by atoms with E-state index in [0.717, 1.165) is 30.2 Å². The smallest absolute Gasteiger partial charge is 0.145 e. The van der Waals surface area contributed by atoms with Crippen molar-refractivity contribution in [3.8, 4) is 5.75 Å². The normalized spacial score (nSPS) is 16.4. The van der Waals surface area contributed by atoms with E-state index >= 15 is 0 Å². The van der Waals surface area contributed by atoms with Gasteiger partial charge in [0.15, 0.2) is 0 Å². The van der Waals surface area contributed by atoms with Crippen molar-refractivity contribution in [1.82, 2.24) is 4.90 Å². The molecule has 1 fully saturated rings. The molecule has 0 atom stereocenters. The molecule has 0 saturated carbocycles. The molecule has 1 aliphatic rings. The van der Waals surface area contributed by atoms with Gasteiger partial charge in [0.1, 0.15) is 12.4 Å². The SMILES string of the molecule is Cc1cc(C)c(OCCN2CCCC2)c(N)c1. The lowest BCUT2D eigenvalue weighted by Crippen LogP contribution is -2.25. The first-order chi connectivity index (χ1) is 8.16. The Labute approximate surface area is 104 Å². The van der Waals surface area contributed by atoms with Gasteiger partial charge in [-0.3, -0.25) is 4.90 Å². The van der Waals surface area contributed by atoms with Gasteiger partial charge >= 0.3 is 0 Å². The molecule has 3 heteroatoms. The van der Waals surface area contributed by atoms with E-state index in [1.165, 1.54) is 31.5 Å². The lowest BCUT2D eigenvalue weighted by Gasteiger charge is -2.17. The molecule has 0 amide bonds. The van der Waals surface area contributed by atoms with Crippen LogP contribution in [-0.4, -0.2) is 31.1 Å². The first-order valence-corrected chi connectivity index (χ1v) is 6.38. The van der Waals surface area contributed by atoms with Crippen LogP contribution in [0.4, 0.5) is 5.69 Å². The summed E-state index contributed by atoms with van der Waals surface area (Å²) in [4.78, 5) is 2.44. The maximum Gasteiger partial charge on any atom is 0.145 e. The molecule has 0 bridgehead atoms. The Hall–Kier alpha value is -1.22. The summed E-state index contributed by atoms with van der Waals surface area (Å²) in [6, 6.07) is 4.08. The summed E-state index contributed by atoms with van der Waals surface area (Å²) in [7, 11) is 0. The van der Waals surface area contributed by atoms with Crippen molar-refractivity contribution >= 4 is 5.69 Å². The Morgan fingerprint density at radius 1 is 1.24 bits per heavy atom. The van der Waals surface area contributed by atoms with Crippen LogP contribution in [0, 0.1) is 13.8 Å². The highest BCUT2D eigenvalue weighted by molar-refractivity contribution is 5.58. The molecule has 1 aromatic rings. The molecule has 1 heterocycles. The van der Waals surface area contributed by atoms with E-state index in [4.69, 9.17) is 10.5 Å². The molecule has 0 spiro atoms. The van der Waals surface area contributed by atoms with Gasteiger partial charge in [0.25, 0.3) is 0 Å². The minimum atomic E-state index is 0.730. The molecule has 0 radical (unpaired) electrons. The van der Waals surface area contributed by atoms with Crippen molar-refractivity contribution in [3.63, 3.8) is 0 Å². The molecule has 94 valence electrons. The summed E-state index contributed by atoms with van der Waals surface area (Å²) in [6.07, 6.45) is 2.65. The Bertz CT molecular complexity index is 361. The van der Waals surface area contributed by atoms with E-state index in [0.29, 0.717) is 0 Å². The van der Waals surface area contributed by atoms with Gasteiger partial charge in [0.2, 0.25) is 0 Å². The molecule has 3 nitrogen and oxygen atoms in total. The molecule has 0 aromatic heterocycles. The fourth-order valence-electron chi connectivity index (χ4n) is 2.47. The topological polar surface area (TPSA) is 38.5 Å². The third-order valence-electron chi connectivity index (χ3n) is 3.30. The number of hydrogen-bond acceptors (Lipinski definition) is 3.